The fourth-order valence-corrected chi connectivity index (χ4v) is 1.28. The molecule has 8 heteroatoms. The number of aliphatic hydroxyl groups excluding tert-OH is 1. The first-order valence-electron chi connectivity index (χ1n) is 5.82. The molecule has 8 nitrogen and oxygen atoms in total. The molecule has 0 aliphatic heterocycles. The summed E-state index contributed by atoms with van der Waals surface area (Å²) >= 11 is 0. The largest absolute Gasteiger partial charge is 0.503 e. The van der Waals surface area contributed by atoms with Crippen molar-refractivity contribution in [3.8, 4) is 11.8 Å². The summed E-state index contributed by atoms with van der Waals surface area (Å²) < 4.78 is 0. The Morgan fingerprint density at radius 1 is 0.950 bits per heavy atom. The zero-order valence-corrected chi connectivity index (χ0v) is 11.5. The molecule has 0 atom stereocenters. The Morgan fingerprint density at radius 2 is 1.25 bits per heavy atom. The van der Waals surface area contributed by atoms with Crippen LogP contribution in [0, 0.1) is 11.8 Å². The van der Waals surface area contributed by atoms with E-state index in [0.717, 1.165) is 12.8 Å². The fourth-order valence-electron chi connectivity index (χ4n) is 1.28. The smallest absolute Gasteiger partial charge is 0.450 e. The summed E-state index contributed by atoms with van der Waals surface area (Å²) in [4.78, 5) is 17.1. The second-order valence-corrected chi connectivity index (χ2v) is 3.56. The van der Waals surface area contributed by atoms with Crippen LogP contribution in [0.3, 0.4) is 0 Å². The van der Waals surface area contributed by atoms with Gasteiger partial charge in [0.1, 0.15) is 12.2 Å². The van der Waals surface area contributed by atoms with Crippen LogP contribution in [0.4, 0.5) is 9.59 Å². The minimum atomic E-state index is -1.83. The van der Waals surface area contributed by atoms with E-state index in [-0.39, 0.29) is 6.61 Å². The number of aliphatic hydroxyl groups is 2. The third kappa shape index (κ3) is 29.8. The van der Waals surface area contributed by atoms with E-state index in [2.05, 4.69) is 11.8 Å². The highest BCUT2D eigenvalue weighted by Gasteiger charge is 2.21. The number of carboxylic acid groups (broad SMARTS) is 4. The number of carbonyl (C=O) groups is 2. The molecule has 0 saturated heterocycles. The highest BCUT2D eigenvalue weighted by molar-refractivity contribution is 5.53. The fraction of sp³-hybridized carbons (Fsp3) is 0.667. The minimum Gasteiger partial charge on any atom is -0.450 e. The monoisotopic (exact) mass is 294 g/mol. The summed E-state index contributed by atoms with van der Waals surface area (Å²) in [5.74, 6) is 5.22. The van der Waals surface area contributed by atoms with Crippen molar-refractivity contribution in [1.29, 1.82) is 0 Å². The number of hydrogen-bond donors (Lipinski definition) is 6. The second-order valence-electron chi connectivity index (χ2n) is 3.56. The van der Waals surface area contributed by atoms with Gasteiger partial charge in [0.05, 0.1) is 0 Å². The molecule has 0 amide bonds. The SMILES string of the molecule is CCCC(O)(C#CCO)CCC.O=C(O)O.O=C(O)O. The van der Waals surface area contributed by atoms with E-state index in [1.54, 1.807) is 0 Å². The molecular weight excluding hydrogens is 272 g/mol. The van der Waals surface area contributed by atoms with Crippen molar-refractivity contribution in [2.75, 3.05) is 6.61 Å². The molecule has 118 valence electrons. The molecule has 0 aromatic rings. The molecule has 0 rings (SSSR count). The topological polar surface area (TPSA) is 156 Å². The lowest BCUT2D eigenvalue weighted by Gasteiger charge is -2.20. The van der Waals surface area contributed by atoms with Gasteiger partial charge in [0.15, 0.2) is 0 Å². The van der Waals surface area contributed by atoms with Crippen LogP contribution in [-0.2, 0) is 0 Å². The first-order chi connectivity index (χ1) is 9.15. The normalized spacial score (nSPS) is 8.80. The molecule has 0 aromatic carbocycles. The lowest BCUT2D eigenvalue weighted by molar-refractivity contribution is 0.0804. The van der Waals surface area contributed by atoms with Crippen molar-refractivity contribution in [3.63, 3.8) is 0 Å². The van der Waals surface area contributed by atoms with Gasteiger partial charge < -0.3 is 30.6 Å². The van der Waals surface area contributed by atoms with Gasteiger partial charge in [-0.3, -0.25) is 0 Å². The maximum absolute atomic E-state index is 9.86. The Hall–Kier alpha value is -1.98. The average molecular weight is 294 g/mol. The molecule has 0 aromatic heterocycles. The Labute approximate surface area is 117 Å². The molecule has 0 aliphatic rings. The zero-order chi connectivity index (χ0) is 16.6. The summed E-state index contributed by atoms with van der Waals surface area (Å²) in [5.41, 5.74) is -0.869. The molecule has 6 N–H and O–H groups in total. The van der Waals surface area contributed by atoms with E-state index in [0.29, 0.717) is 12.8 Å². The first kappa shape index (κ1) is 23.1. The molecule has 0 fully saturated rings. The van der Waals surface area contributed by atoms with Crippen LogP contribution in [-0.4, -0.2) is 55.2 Å². The summed E-state index contributed by atoms with van der Waals surface area (Å²) in [7, 11) is 0. The van der Waals surface area contributed by atoms with Crippen LogP contribution >= 0.6 is 0 Å². The van der Waals surface area contributed by atoms with Gasteiger partial charge in [0.25, 0.3) is 0 Å². The van der Waals surface area contributed by atoms with E-state index < -0.39 is 17.9 Å². The van der Waals surface area contributed by atoms with E-state index in [9.17, 15) is 5.11 Å². The van der Waals surface area contributed by atoms with Gasteiger partial charge in [0, 0.05) is 0 Å². The minimum absolute atomic E-state index is 0.171. The lowest BCUT2D eigenvalue weighted by atomic mass is 9.93. The van der Waals surface area contributed by atoms with Crippen LogP contribution in [0.5, 0.6) is 0 Å². The Bertz CT molecular complexity index is 289. The summed E-state index contributed by atoms with van der Waals surface area (Å²) in [5, 5.41) is 46.2. The van der Waals surface area contributed by atoms with Crippen LogP contribution in [0.2, 0.25) is 0 Å². The zero-order valence-electron chi connectivity index (χ0n) is 11.5. The highest BCUT2D eigenvalue weighted by atomic mass is 16.6. The molecule has 0 bridgehead atoms. The van der Waals surface area contributed by atoms with Crippen molar-refractivity contribution in [3.05, 3.63) is 0 Å². The van der Waals surface area contributed by atoms with Gasteiger partial charge in [-0.25, -0.2) is 9.59 Å². The van der Waals surface area contributed by atoms with Gasteiger partial charge in [0.2, 0.25) is 0 Å². The molecule has 0 heterocycles. The summed E-state index contributed by atoms with van der Waals surface area (Å²) in [6.07, 6.45) is -0.463. The van der Waals surface area contributed by atoms with Gasteiger partial charge in [-0.1, -0.05) is 38.5 Å². The van der Waals surface area contributed by atoms with Crippen molar-refractivity contribution in [2.45, 2.75) is 45.1 Å². The number of rotatable bonds is 4. The summed E-state index contributed by atoms with van der Waals surface area (Å²) in [6.45, 7) is 3.86. The third-order valence-electron chi connectivity index (χ3n) is 1.73. The van der Waals surface area contributed by atoms with Gasteiger partial charge in [-0.05, 0) is 12.8 Å². The van der Waals surface area contributed by atoms with Crippen molar-refractivity contribution < 1.29 is 40.2 Å². The van der Waals surface area contributed by atoms with Crippen LogP contribution in [0.25, 0.3) is 0 Å². The van der Waals surface area contributed by atoms with E-state index in [1.165, 1.54) is 0 Å². The van der Waals surface area contributed by atoms with Crippen LogP contribution in [0.15, 0.2) is 0 Å². The van der Waals surface area contributed by atoms with Gasteiger partial charge in [-0.15, -0.1) is 0 Å². The Kier molecular flexibility index (Phi) is 17.4. The highest BCUT2D eigenvalue weighted by Crippen LogP contribution is 2.17. The van der Waals surface area contributed by atoms with E-state index in [1.807, 2.05) is 13.8 Å². The predicted octanol–water partition coefficient (Wildman–Crippen LogP) is 1.76. The van der Waals surface area contributed by atoms with Crippen LogP contribution < -0.4 is 0 Å². The molecule has 0 unspecified atom stereocenters. The van der Waals surface area contributed by atoms with Gasteiger partial charge >= 0.3 is 12.3 Å². The first-order valence-corrected chi connectivity index (χ1v) is 5.82. The molecule has 0 saturated carbocycles. The van der Waals surface area contributed by atoms with E-state index in [4.69, 9.17) is 35.1 Å². The third-order valence-corrected chi connectivity index (χ3v) is 1.73. The van der Waals surface area contributed by atoms with E-state index >= 15 is 0 Å². The summed E-state index contributed by atoms with van der Waals surface area (Å²) in [6, 6.07) is 0. The quantitative estimate of drug-likeness (QED) is 0.428. The number of hydrogen-bond acceptors (Lipinski definition) is 4. The average Bonchev–Trinajstić information content (AvgIpc) is 2.25. The molecule has 0 radical (unpaired) electrons. The maximum Gasteiger partial charge on any atom is 0.503 e. The standard InChI is InChI=1S/C10H18O2.2CH2O3/c1-3-6-10(12,7-4-2)8-5-9-11;2*2-1(3)4/h11-12H,3-4,6-7,9H2,1-2H3;2*(H2,2,3,4). The molecule has 20 heavy (non-hydrogen) atoms. The lowest BCUT2D eigenvalue weighted by Crippen LogP contribution is -2.25. The Morgan fingerprint density at radius 3 is 1.45 bits per heavy atom. The molecule has 0 spiro atoms. The second kappa shape index (κ2) is 15.1. The van der Waals surface area contributed by atoms with Crippen molar-refractivity contribution >= 4 is 12.3 Å². The maximum atomic E-state index is 9.86. The van der Waals surface area contributed by atoms with Crippen molar-refractivity contribution in [2.24, 2.45) is 0 Å². The van der Waals surface area contributed by atoms with Crippen LogP contribution in [0.1, 0.15) is 39.5 Å². The Balaban J connectivity index is -0.000000297. The molecule has 0 aliphatic carbocycles. The predicted molar refractivity (Wildman–Crippen MR) is 70.9 cm³/mol. The van der Waals surface area contributed by atoms with Crippen molar-refractivity contribution in [1.82, 2.24) is 0 Å². The van der Waals surface area contributed by atoms with Gasteiger partial charge in [-0.2, -0.15) is 0 Å². The molecular formula is C12H22O8.